The lowest BCUT2D eigenvalue weighted by molar-refractivity contribution is 0.858. The van der Waals surface area contributed by atoms with Gasteiger partial charge in [-0.2, -0.15) is 0 Å². The van der Waals surface area contributed by atoms with Gasteiger partial charge in [-0.1, -0.05) is 42.5 Å². The molecular formula is C14H19. The highest BCUT2D eigenvalue weighted by Gasteiger charge is 1.82. The predicted octanol–water partition coefficient (Wildman–Crippen LogP) is 4.37. The van der Waals surface area contributed by atoms with Crippen LogP contribution in [0.5, 0.6) is 0 Å². The minimum Gasteiger partial charge on any atom is -0.0879 e. The average molecular weight is 187 g/mol. The van der Waals surface area contributed by atoms with Crippen LogP contribution >= 0.6 is 0 Å². The second-order valence-corrected chi connectivity index (χ2v) is 3.44. The fourth-order valence-corrected chi connectivity index (χ4v) is 1.33. The number of hydrogen-bond donors (Lipinski definition) is 0. The molecule has 0 aromatic rings. The van der Waals surface area contributed by atoms with Crippen LogP contribution in [-0.2, 0) is 0 Å². The molecule has 0 spiro atoms. The Morgan fingerprint density at radius 2 is 1.71 bits per heavy atom. The summed E-state index contributed by atoms with van der Waals surface area (Å²) in [5.41, 5.74) is 0. The van der Waals surface area contributed by atoms with E-state index in [2.05, 4.69) is 48.6 Å². The zero-order valence-electron chi connectivity index (χ0n) is 8.78. The lowest BCUT2D eigenvalue weighted by atomic mass is 10.2. The molecule has 1 aliphatic carbocycles. The number of rotatable bonds is 0. The van der Waals surface area contributed by atoms with Gasteiger partial charge in [-0.25, -0.2) is 0 Å². The molecule has 1 aliphatic rings. The normalized spacial score (nSPS) is 19.4. The highest BCUT2D eigenvalue weighted by Crippen LogP contribution is 2.01. The third-order valence-electron chi connectivity index (χ3n) is 2.14. The molecule has 0 heteroatoms. The topological polar surface area (TPSA) is 0 Å². The zero-order valence-corrected chi connectivity index (χ0v) is 8.78. The van der Waals surface area contributed by atoms with Crippen LogP contribution in [0.1, 0.15) is 38.5 Å². The predicted molar refractivity (Wildman–Crippen MR) is 62.9 cm³/mol. The highest BCUT2D eigenvalue weighted by molar-refractivity contribution is 5.05. The van der Waals surface area contributed by atoms with E-state index in [0.29, 0.717) is 0 Å². The fourth-order valence-electron chi connectivity index (χ4n) is 1.33. The first-order chi connectivity index (χ1) is 7.00. The Morgan fingerprint density at radius 3 is 2.71 bits per heavy atom. The summed E-state index contributed by atoms with van der Waals surface area (Å²) in [4.78, 5) is 0. The molecule has 1 radical (unpaired) electrons. The van der Waals surface area contributed by atoms with Gasteiger partial charge in [-0.3, -0.25) is 0 Å². The average Bonchev–Trinajstić information content (AvgIpc) is 2.22. The molecule has 0 nitrogen and oxygen atoms in total. The van der Waals surface area contributed by atoms with E-state index in [1.54, 1.807) is 0 Å². The van der Waals surface area contributed by atoms with Gasteiger partial charge in [0.2, 0.25) is 0 Å². The van der Waals surface area contributed by atoms with Crippen molar-refractivity contribution < 1.29 is 0 Å². The summed E-state index contributed by atoms with van der Waals surface area (Å²) in [6.07, 6.45) is 25.5. The molecule has 14 heavy (non-hydrogen) atoms. The molecule has 0 aliphatic heterocycles. The Morgan fingerprint density at radius 1 is 0.786 bits per heavy atom. The third kappa shape index (κ3) is 6.47. The minimum atomic E-state index is 1.05. The summed E-state index contributed by atoms with van der Waals surface area (Å²) in [7, 11) is 0. The van der Waals surface area contributed by atoms with Gasteiger partial charge in [0.1, 0.15) is 0 Å². The van der Waals surface area contributed by atoms with E-state index in [-0.39, 0.29) is 0 Å². The Kier molecular flexibility index (Phi) is 6.74. The molecule has 0 aromatic carbocycles. The molecule has 0 saturated heterocycles. The van der Waals surface area contributed by atoms with Crippen molar-refractivity contribution in [3.05, 3.63) is 48.6 Å². The molecule has 0 heterocycles. The largest absolute Gasteiger partial charge is 0.0879 e. The minimum absolute atomic E-state index is 1.05. The molecule has 0 N–H and O–H groups in total. The van der Waals surface area contributed by atoms with Gasteiger partial charge in [0.05, 0.1) is 0 Å². The van der Waals surface area contributed by atoms with Crippen molar-refractivity contribution in [1.29, 1.82) is 0 Å². The van der Waals surface area contributed by atoms with E-state index in [0.717, 1.165) is 25.7 Å². The maximum atomic E-state index is 3.32. The maximum Gasteiger partial charge on any atom is -0.0166 e. The summed E-state index contributed by atoms with van der Waals surface area (Å²) >= 11 is 0. The lowest BCUT2D eigenvalue weighted by Gasteiger charge is -1.91. The van der Waals surface area contributed by atoms with Gasteiger partial charge in [-0.05, 0) is 44.6 Å². The quantitative estimate of drug-likeness (QED) is 0.494. The molecule has 0 aromatic heterocycles. The molecule has 1 rings (SSSR count). The van der Waals surface area contributed by atoms with Crippen LogP contribution in [0.3, 0.4) is 0 Å². The standard InChI is InChI=1S/C14H19/c1-2-4-6-8-10-12-14-13-11-9-7-5-3-1/h1-4,7,9,12H,5-6,8,10-11,13H2. The fraction of sp³-hybridized carbons (Fsp3) is 0.429. The first-order valence-electron chi connectivity index (χ1n) is 5.52. The first-order valence-corrected chi connectivity index (χ1v) is 5.52. The Bertz CT molecular complexity index is 228. The van der Waals surface area contributed by atoms with E-state index in [9.17, 15) is 0 Å². The molecule has 0 fully saturated rings. The summed E-state index contributed by atoms with van der Waals surface area (Å²) in [6.45, 7) is 0. The summed E-state index contributed by atoms with van der Waals surface area (Å²) in [6, 6.07) is 0. The molecule has 0 saturated carbocycles. The van der Waals surface area contributed by atoms with Gasteiger partial charge in [0.25, 0.3) is 0 Å². The third-order valence-corrected chi connectivity index (χ3v) is 2.14. The molecule has 0 bridgehead atoms. The van der Waals surface area contributed by atoms with Crippen molar-refractivity contribution in [2.45, 2.75) is 38.5 Å². The van der Waals surface area contributed by atoms with Crippen molar-refractivity contribution in [3.8, 4) is 0 Å². The van der Waals surface area contributed by atoms with Gasteiger partial charge in [0, 0.05) is 0 Å². The Balaban J connectivity index is 2.34. The van der Waals surface area contributed by atoms with Crippen molar-refractivity contribution in [2.24, 2.45) is 0 Å². The molecule has 0 atom stereocenters. The molecule has 75 valence electrons. The zero-order chi connectivity index (χ0) is 9.90. The summed E-state index contributed by atoms with van der Waals surface area (Å²) in [5, 5.41) is 0. The van der Waals surface area contributed by atoms with Gasteiger partial charge in [0.15, 0.2) is 0 Å². The number of hydrogen-bond acceptors (Lipinski definition) is 0. The maximum absolute atomic E-state index is 3.32. The second-order valence-electron chi connectivity index (χ2n) is 3.44. The Hall–Kier alpha value is -1.04. The SMILES string of the molecule is [C]1=CCCCC=CC=CCC=CCC1. The van der Waals surface area contributed by atoms with Crippen molar-refractivity contribution in [2.75, 3.05) is 0 Å². The van der Waals surface area contributed by atoms with E-state index in [4.69, 9.17) is 0 Å². The summed E-state index contributed by atoms with van der Waals surface area (Å²) in [5.74, 6) is 0. The van der Waals surface area contributed by atoms with E-state index in [1.165, 1.54) is 12.8 Å². The second kappa shape index (κ2) is 8.55. The van der Waals surface area contributed by atoms with Crippen LogP contribution in [-0.4, -0.2) is 0 Å². The summed E-state index contributed by atoms with van der Waals surface area (Å²) < 4.78 is 0. The van der Waals surface area contributed by atoms with Crippen molar-refractivity contribution >= 4 is 0 Å². The smallest absolute Gasteiger partial charge is 0.0166 e. The van der Waals surface area contributed by atoms with Crippen molar-refractivity contribution in [3.63, 3.8) is 0 Å². The van der Waals surface area contributed by atoms with Crippen molar-refractivity contribution in [1.82, 2.24) is 0 Å². The molecule has 0 unspecified atom stereocenters. The van der Waals surface area contributed by atoms with E-state index in [1.807, 2.05) is 0 Å². The van der Waals surface area contributed by atoms with Crippen LogP contribution in [0.15, 0.2) is 42.5 Å². The highest BCUT2D eigenvalue weighted by atomic mass is 13.9. The Labute approximate surface area is 87.7 Å². The van der Waals surface area contributed by atoms with E-state index < -0.39 is 0 Å². The van der Waals surface area contributed by atoms with Crippen LogP contribution < -0.4 is 0 Å². The first kappa shape index (κ1) is 11.0. The van der Waals surface area contributed by atoms with Crippen LogP contribution in [0, 0.1) is 6.08 Å². The van der Waals surface area contributed by atoms with Crippen LogP contribution in [0.2, 0.25) is 0 Å². The molecule has 0 amide bonds. The molecular weight excluding hydrogens is 168 g/mol. The number of allylic oxidation sites excluding steroid dienone is 8. The van der Waals surface area contributed by atoms with Gasteiger partial charge in [-0.15, -0.1) is 0 Å². The van der Waals surface area contributed by atoms with Crippen LogP contribution in [0.4, 0.5) is 0 Å². The van der Waals surface area contributed by atoms with Gasteiger partial charge < -0.3 is 0 Å². The van der Waals surface area contributed by atoms with E-state index >= 15 is 0 Å². The van der Waals surface area contributed by atoms with Gasteiger partial charge >= 0.3 is 0 Å². The lowest BCUT2D eigenvalue weighted by Crippen LogP contribution is -1.72. The monoisotopic (exact) mass is 187 g/mol. The van der Waals surface area contributed by atoms with Crippen LogP contribution in [0.25, 0.3) is 0 Å².